The molecule has 0 saturated carbocycles. The normalized spacial score (nSPS) is 24.7. The highest BCUT2D eigenvalue weighted by atomic mass is 35.5. The van der Waals surface area contributed by atoms with Crippen molar-refractivity contribution in [3.05, 3.63) is 34.1 Å². The summed E-state index contributed by atoms with van der Waals surface area (Å²) < 4.78 is 40.3. The fourth-order valence-electron chi connectivity index (χ4n) is 3.24. The molecule has 3 rings (SSSR count). The van der Waals surface area contributed by atoms with E-state index in [1.54, 1.807) is 0 Å². The average Bonchev–Trinajstić information content (AvgIpc) is 2.93. The first-order valence-electron chi connectivity index (χ1n) is 7.05. The van der Waals surface area contributed by atoms with Crippen molar-refractivity contribution >= 4 is 28.1 Å². The molecule has 2 aliphatic heterocycles. The number of nitro benzene ring substituents is 1. The lowest BCUT2D eigenvalue weighted by Gasteiger charge is -2.33. The number of sulfonamides is 1. The number of halogens is 2. The summed E-state index contributed by atoms with van der Waals surface area (Å²) in [6.45, 7) is 2.23. The van der Waals surface area contributed by atoms with Gasteiger partial charge in [-0.05, 0) is 43.5 Å². The standard InChI is InChI=1S/C13H16FN3O4S.ClH/c14-11-2-1-3-12(13(11)17(18)19)22(20,21)16-5-4-9-6-15-7-10(9)8-16;/h1-3,9-10,15H,4-8H2;1H. The van der Waals surface area contributed by atoms with Crippen LogP contribution in [0.15, 0.2) is 23.1 Å². The topological polar surface area (TPSA) is 92.5 Å². The lowest BCUT2D eigenvalue weighted by atomic mass is 9.90. The second kappa shape index (κ2) is 6.68. The van der Waals surface area contributed by atoms with Crippen LogP contribution in [0, 0.1) is 27.8 Å². The number of nitrogens with zero attached hydrogens (tertiary/aromatic N) is 2. The van der Waals surface area contributed by atoms with Crippen molar-refractivity contribution < 1.29 is 17.7 Å². The average molecular weight is 366 g/mol. The molecule has 0 aromatic heterocycles. The molecule has 2 atom stereocenters. The maximum Gasteiger partial charge on any atom is 0.324 e. The van der Waals surface area contributed by atoms with Gasteiger partial charge >= 0.3 is 5.69 Å². The van der Waals surface area contributed by atoms with Gasteiger partial charge in [-0.25, -0.2) is 8.42 Å². The minimum Gasteiger partial charge on any atom is -0.316 e. The van der Waals surface area contributed by atoms with E-state index in [9.17, 15) is 22.9 Å². The predicted octanol–water partition coefficient (Wildman–Crippen LogP) is 1.39. The number of piperidine rings is 1. The molecule has 0 amide bonds. The van der Waals surface area contributed by atoms with Crippen LogP contribution >= 0.6 is 12.4 Å². The summed E-state index contributed by atoms with van der Waals surface area (Å²) in [6.07, 6.45) is 0.708. The Morgan fingerprint density at radius 2 is 2.00 bits per heavy atom. The highest BCUT2D eigenvalue weighted by Gasteiger charge is 2.40. The molecule has 10 heteroatoms. The Bertz CT molecular complexity index is 715. The van der Waals surface area contributed by atoms with Crippen LogP contribution < -0.4 is 5.32 Å². The predicted molar refractivity (Wildman–Crippen MR) is 83.5 cm³/mol. The zero-order valence-electron chi connectivity index (χ0n) is 12.1. The molecule has 2 saturated heterocycles. The molecule has 1 aromatic carbocycles. The molecule has 2 aliphatic rings. The molecule has 23 heavy (non-hydrogen) atoms. The van der Waals surface area contributed by atoms with Gasteiger partial charge in [-0.1, -0.05) is 6.07 Å². The van der Waals surface area contributed by atoms with Crippen LogP contribution in [0.3, 0.4) is 0 Å². The Kier molecular flexibility index (Phi) is 5.24. The van der Waals surface area contributed by atoms with Crippen molar-refractivity contribution in [2.24, 2.45) is 11.8 Å². The Morgan fingerprint density at radius 3 is 2.70 bits per heavy atom. The molecule has 0 aliphatic carbocycles. The zero-order valence-corrected chi connectivity index (χ0v) is 13.8. The summed E-state index contributed by atoms with van der Waals surface area (Å²) >= 11 is 0. The number of hydrogen-bond acceptors (Lipinski definition) is 5. The minimum absolute atomic E-state index is 0. The van der Waals surface area contributed by atoms with Gasteiger partial charge in [0.25, 0.3) is 0 Å². The first-order chi connectivity index (χ1) is 10.4. The van der Waals surface area contributed by atoms with E-state index < -0.39 is 31.3 Å². The number of benzene rings is 1. The molecule has 7 nitrogen and oxygen atoms in total. The van der Waals surface area contributed by atoms with E-state index in [1.165, 1.54) is 10.4 Å². The lowest BCUT2D eigenvalue weighted by molar-refractivity contribution is -0.390. The number of rotatable bonds is 3. The minimum atomic E-state index is -4.07. The SMILES string of the molecule is Cl.O=[N+]([O-])c1c(F)cccc1S(=O)(=O)N1CCC2CNCC2C1. The third-order valence-electron chi connectivity index (χ3n) is 4.42. The first kappa shape index (κ1) is 18.1. The molecule has 2 heterocycles. The van der Waals surface area contributed by atoms with Gasteiger partial charge in [0.15, 0.2) is 4.90 Å². The molecule has 1 aromatic rings. The number of para-hydroxylation sites is 1. The molecule has 128 valence electrons. The maximum absolute atomic E-state index is 13.7. The van der Waals surface area contributed by atoms with Crippen LogP contribution in [0.5, 0.6) is 0 Å². The van der Waals surface area contributed by atoms with Crippen LogP contribution in [0.25, 0.3) is 0 Å². The summed E-state index contributed by atoms with van der Waals surface area (Å²) in [7, 11) is -4.07. The summed E-state index contributed by atoms with van der Waals surface area (Å²) in [5.74, 6) is -0.492. The van der Waals surface area contributed by atoms with Crippen molar-refractivity contribution in [3.63, 3.8) is 0 Å². The van der Waals surface area contributed by atoms with E-state index in [2.05, 4.69) is 5.32 Å². The number of nitro groups is 1. The van der Waals surface area contributed by atoms with Gasteiger partial charge in [0.2, 0.25) is 15.8 Å². The highest BCUT2D eigenvalue weighted by Crippen LogP contribution is 2.33. The largest absolute Gasteiger partial charge is 0.324 e. The Hall–Kier alpha value is -1.29. The molecular formula is C13H17ClFN3O4S. The second-order valence-electron chi connectivity index (χ2n) is 5.67. The van der Waals surface area contributed by atoms with Gasteiger partial charge in [0, 0.05) is 13.1 Å². The molecule has 0 spiro atoms. The third-order valence-corrected chi connectivity index (χ3v) is 6.31. The van der Waals surface area contributed by atoms with Crippen LogP contribution in [-0.4, -0.2) is 43.8 Å². The molecule has 0 radical (unpaired) electrons. The Morgan fingerprint density at radius 1 is 1.30 bits per heavy atom. The Balaban J connectivity index is 0.00000192. The van der Waals surface area contributed by atoms with Gasteiger partial charge in [-0.15, -0.1) is 12.4 Å². The van der Waals surface area contributed by atoms with E-state index >= 15 is 0 Å². The quantitative estimate of drug-likeness (QED) is 0.645. The van der Waals surface area contributed by atoms with Gasteiger partial charge in [-0.2, -0.15) is 8.70 Å². The number of nitrogens with one attached hydrogen (secondary N) is 1. The second-order valence-corrected chi connectivity index (χ2v) is 7.58. The molecule has 1 N–H and O–H groups in total. The van der Waals surface area contributed by atoms with E-state index in [0.717, 1.165) is 25.2 Å². The van der Waals surface area contributed by atoms with Crippen molar-refractivity contribution in [2.75, 3.05) is 26.2 Å². The fourth-order valence-corrected chi connectivity index (χ4v) is 4.92. The van der Waals surface area contributed by atoms with E-state index in [4.69, 9.17) is 0 Å². The van der Waals surface area contributed by atoms with E-state index in [1.807, 2.05) is 0 Å². The van der Waals surface area contributed by atoms with Crippen molar-refractivity contribution in [1.29, 1.82) is 0 Å². The number of hydrogen-bond donors (Lipinski definition) is 1. The maximum atomic E-state index is 13.7. The van der Waals surface area contributed by atoms with Gasteiger partial charge < -0.3 is 5.32 Å². The van der Waals surface area contributed by atoms with Gasteiger partial charge in [0.1, 0.15) is 0 Å². The third kappa shape index (κ3) is 3.18. The summed E-state index contributed by atoms with van der Waals surface area (Å²) in [4.78, 5) is 9.48. The lowest BCUT2D eigenvalue weighted by Crippen LogP contribution is -2.43. The summed E-state index contributed by atoms with van der Waals surface area (Å²) in [6, 6.07) is 3.17. The highest BCUT2D eigenvalue weighted by molar-refractivity contribution is 7.89. The van der Waals surface area contributed by atoms with Gasteiger partial charge in [-0.3, -0.25) is 10.1 Å². The smallest absolute Gasteiger partial charge is 0.316 e. The first-order valence-corrected chi connectivity index (χ1v) is 8.49. The monoisotopic (exact) mass is 365 g/mol. The molecular weight excluding hydrogens is 349 g/mol. The molecule has 0 bridgehead atoms. The van der Waals surface area contributed by atoms with Gasteiger partial charge in [0.05, 0.1) is 4.92 Å². The Labute approximate surface area is 139 Å². The van der Waals surface area contributed by atoms with Crippen molar-refractivity contribution in [1.82, 2.24) is 9.62 Å². The molecule has 2 fully saturated rings. The fraction of sp³-hybridized carbons (Fsp3) is 0.538. The molecule has 2 unspecified atom stereocenters. The summed E-state index contributed by atoms with van der Waals surface area (Å²) in [5.41, 5.74) is -0.978. The number of fused-ring (bicyclic) bond motifs is 1. The summed E-state index contributed by atoms with van der Waals surface area (Å²) in [5, 5.41) is 14.3. The van der Waals surface area contributed by atoms with Crippen LogP contribution in [0.1, 0.15) is 6.42 Å². The van der Waals surface area contributed by atoms with Crippen LogP contribution in [0.2, 0.25) is 0 Å². The van der Waals surface area contributed by atoms with E-state index in [0.29, 0.717) is 25.4 Å². The van der Waals surface area contributed by atoms with Crippen LogP contribution in [0.4, 0.5) is 10.1 Å². The zero-order chi connectivity index (χ0) is 15.9. The van der Waals surface area contributed by atoms with Crippen molar-refractivity contribution in [2.45, 2.75) is 11.3 Å². The van der Waals surface area contributed by atoms with Crippen molar-refractivity contribution in [3.8, 4) is 0 Å². The van der Waals surface area contributed by atoms with E-state index in [-0.39, 0.29) is 18.3 Å². The van der Waals surface area contributed by atoms with Crippen LogP contribution in [-0.2, 0) is 10.0 Å².